The minimum Gasteiger partial charge on any atom is -0.506 e. The van der Waals surface area contributed by atoms with Crippen molar-refractivity contribution in [2.24, 2.45) is 0 Å². The molecule has 10 heteroatoms. The van der Waals surface area contributed by atoms with Crippen LogP contribution in [0, 0.1) is 5.82 Å². The fourth-order valence-corrected chi connectivity index (χ4v) is 4.35. The van der Waals surface area contributed by atoms with E-state index in [1.807, 2.05) is 0 Å². The molecule has 0 fully saturated rings. The summed E-state index contributed by atoms with van der Waals surface area (Å²) in [6, 6.07) is 8.91. The van der Waals surface area contributed by atoms with Crippen LogP contribution in [0.2, 0.25) is 10.0 Å². The van der Waals surface area contributed by atoms with Gasteiger partial charge >= 0.3 is 5.97 Å². The number of rotatable bonds is 5. The van der Waals surface area contributed by atoms with Crippen molar-refractivity contribution < 1.29 is 24.1 Å². The molecule has 0 amide bonds. The Morgan fingerprint density at radius 1 is 1.30 bits per heavy atom. The molecule has 0 saturated carbocycles. The van der Waals surface area contributed by atoms with Crippen LogP contribution in [-0.2, 0) is 0 Å². The van der Waals surface area contributed by atoms with Gasteiger partial charge in [-0.25, -0.2) is 14.2 Å². The van der Waals surface area contributed by atoms with Crippen molar-refractivity contribution in [3.63, 3.8) is 0 Å². The van der Waals surface area contributed by atoms with Crippen LogP contribution < -0.4 is 4.74 Å². The predicted octanol–water partition coefficient (Wildman–Crippen LogP) is 6.08. The molecule has 0 unspecified atom stereocenters. The molecular weight excluding hydrogens is 454 g/mol. The highest BCUT2D eigenvalue weighted by Gasteiger charge is 2.23. The van der Waals surface area contributed by atoms with Crippen molar-refractivity contribution in [3.8, 4) is 16.5 Å². The molecule has 2 N–H and O–H groups in total. The Hall–Kier alpha value is -2.81. The van der Waals surface area contributed by atoms with E-state index in [-0.39, 0.29) is 26.4 Å². The summed E-state index contributed by atoms with van der Waals surface area (Å²) in [5.74, 6) is -1.76. The number of halogens is 3. The molecule has 2 aromatic heterocycles. The number of aromatic nitrogens is 2. The molecule has 0 radical (unpaired) electrons. The van der Waals surface area contributed by atoms with Gasteiger partial charge < -0.3 is 14.9 Å². The van der Waals surface area contributed by atoms with E-state index < -0.39 is 17.9 Å². The molecule has 0 aliphatic rings. The number of hydrogen-bond acceptors (Lipinski definition) is 5. The van der Waals surface area contributed by atoms with E-state index in [2.05, 4.69) is 4.98 Å². The first-order valence-corrected chi connectivity index (χ1v) is 10.2. The van der Waals surface area contributed by atoms with E-state index >= 15 is 0 Å². The van der Waals surface area contributed by atoms with Crippen LogP contribution in [-0.4, -0.2) is 25.7 Å². The Kier molecular flexibility index (Phi) is 5.31. The van der Waals surface area contributed by atoms with Crippen LogP contribution in [0.15, 0.2) is 42.7 Å². The highest BCUT2D eigenvalue weighted by atomic mass is 35.5. The first kappa shape index (κ1) is 20.5. The number of aromatic carboxylic acids is 1. The lowest BCUT2D eigenvalue weighted by atomic mass is 10.1. The zero-order valence-electron chi connectivity index (χ0n) is 15.3. The summed E-state index contributed by atoms with van der Waals surface area (Å²) in [6.45, 7) is 1.69. The van der Waals surface area contributed by atoms with Crippen LogP contribution in [0.1, 0.15) is 28.3 Å². The third-order valence-corrected chi connectivity index (χ3v) is 6.26. The largest absolute Gasteiger partial charge is 0.506 e. The number of carboxylic acid groups (broad SMARTS) is 1. The van der Waals surface area contributed by atoms with Crippen molar-refractivity contribution in [3.05, 3.63) is 69.0 Å². The third-order valence-electron chi connectivity index (χ3n) is 4.46. The highest BCUT2D eigenvalue weighted by Crippen LogP contribution is 2.38. The van der Waals surface area contributed by atoms with Gasteiger partial charge in [0.15, 0.2) is 4.88 Å². The monoisotopic (exact) mass is 466 g/mol. The molecule has 0 saturated heterocycles. The van der Waals surface area contributed by atoms with Crippen molar-refractivity contribution in [2.75, 3.05) is 0 Å². The summed E-state index contributed by atoms with van der Waals surface area (Å²) in [5.41, 5.74) is 1.41. The minimum atomic E-state index is -1.17. The average molecular weight is 467 g/mol. The Morgan fingerprint density at radius 3 is 2.80 bits per heavy atom. The van der Waals surface area contributed by atoms with Crippen molar-refractivity contribution in [1.82, 2.24) is 9.55 Å². The van der Waals surface area contributed by atoms with E-state index in [1.54, 1.807) is 23.6 Å². The van der Waals surface area contributed by atoms with Gasteiger partial charge in [0.05, 0.1) is 21.1 Å². The minimum absolute atomic E-state index is 0.0376. The summed E-state index contributed by atoms with van der Waals surface area (Å²) in [7, 11) is 0. The quantitative estimate of drug-likeness (QED) is 0.372. The van der Waals surface area contributed by atoms with Gasteiger partial charge in [-0.1, -0.05) is 35.3 Å². The molecule has 0 bridgehead atoms. The van der Waals surface area contributed by atoms with Crippen LogP contribution in [0.3, 0.4) is 0 Å². The smallest absolute Gasteiger partial charge is 0.349 e. The first-order chi connectivity index (χ1) is 14.3. The number of benzene rings is 2. The second kappa shape index (κ2) is 7.79. The van der Waals surface area contributed by atoms with Crippen molar-refractivity contribution >= 4 is 51.5 Å². The number of nitrogens with zero attached hydrogens (tertiary/aromatic N) is 2. The van der Waals surface area contributed by atoms with E-state index in [0.717, 1.165) is 11.3 Å². The van der Waals surface area contributed by atoms with Gasteiger partial charge in [0, 0.05) is 17.7 Å². The lowest BCUT2D eigenvalue weighted by Gasteiger charge is -2.16. The fraction of sp³-hybridized carbons (Fsp3) is 0.100. The van der Waals surface area contributed by atoms with E-state index in [4.69, 9.17) is 27.9 Å². The average Bonchev–Trinajstić information content (AvgIpc) is 3.28. The van der Waals surface area contributed by atoms with Gasteiger partial charge in [-0.15, -0.1) is 11.3 Å². The number of hydrogen-bond donors (Lipinski definition) is 2. The summed E-state index contributed by atoms with van der Waals surface area (Å²) in [5, 5.41) is 20.0. The van der Waals surface area contributed by atoms with E-state index in [0.29, 0.717) is 21.6 Å². The predicted molar refractivity (Wildman–Crippen MR) is 113 cm³/mol. The zero-order chi connectivity index (χ0) is 21.6. The zero-order valence-corrected chi connectivity index (χ0v) is 17.6. The molecule has 0 spiro atoms. The van der Waals surface area contributed by atoms with Gasteiger partial charge in [-0.05, 0) is 19.1 Å². The number of fused-ring (bicyclic) bond motifs is 1. The molecule has 154 valence electrons. The molecule has 30 heavy (non-hydrogen) atoms. The molecule has 1 atom stereocenters. The van der Waals surface area contributed by atoms with Gasteiger partial charge in [0.1, 0.15) is 34.7 Å². The van der Waals surface area contributed by atoms with E-state index in [1.165, 1.54) is 30.6 Å². The molecule has 2 aromatic carbocycles. The number of phenolic OH excluding ortho intramolecular Hbond substituents is 1. The molecule has 2 heterocycles. The first-order valence-electron chi connectivity index (χ1n) is 8.60. The van der Waals surface area contributed by atoms with Gasteiger partial charge in [0.2, 0.25) is 0 Å². The van der Waals surface area contributed by atoms with Gasteiger partial charge in [0.25, 0.3) is 0 Å². The highest BCUT2D eigenvalue weighted by molar-refractivity contribution is 7.16. The molecule has 0 aliphatic carbocycles. The number of carboxylic acids is 1. The number of aromatic hydroxyl groups is 1. The maximum atomic E-state index is 13.9. The number of thiophene rings is 1. The third kappa shape index (κ3) is 3.58. The Morgan fingerprint density at radius 2 is 2.07 bits per heavy atom. The Balaban J connectivity index is 1.75. The fourth-order valence-electron chi connectivity index (χ4n) is 3.00. The van der Waals surface area contributed by atoms with Crippen molar-refractivity contribution in [2.45, 2.75) is 13.0 Å². The second-order valence-corrected chi connectivity index (χ2v) is 8.21. The summed E-state index contributed by atoms with van der Waals surface area (Å²) < 4.78 is 21.4. The molecule has 4 aromatic rings. The number of carbonyl (C=O) groups is 1. The number of phenols is 1. The molecular formula is C20H13Cl2FN2O4S. The lowest BCUT2D eigenvalue weighted by Crippen LogP contribution is -2.06. The van der Waals surface area contributed by atoms with Crippen LogP contribution in [0.25, 0.3) is 16.0 Å². The summed E-state index contributed by atoms with van der Waals surface area (Å²) in [6.07, 6.45) is 0.818. The van der Waals surface area contributed by atoms with E-state index in [9.17, 15) is 19.4 Å². The molecule has 0 aliphatic heterocycles. The second-order valence-electron chi connectivity index (χ2n) is 6.39. The topological polar surface area (TPSA) is 84.6 Å². The SMILES string of the molecule is C[C@@H](Oc1cc(-n2cnc3cc(Cl)c(F)cc32)sc1C(=O)O)c1cccc(O)c1Cl. The Labute approximate surface area is 183 Å². The maximum Gasteiger partial charge on any atom is 0.349 e. The van der Waals surface area contributed by atoms with Crippen molar-refractivity contribution in [1.29, 1.82) is 0 Å². The van der Waals surface area contributed by atoms with Crippen LogP contribution in [0.4, 0.5) is 4.39 Å². The standard InChI is InChI=1S/C20H13Cl2FN2O4S/c1-9(10-3-2-4-15(26)18(10)22)29-16-7-17(30-19(16)20(27)28)25-8-24-13-5-11(21)12(23)6-14(13)25/h2-9,26H,1H3,(H,27,28)/t9-/m1/s1. The normalized spacial score (nSPS) is 12.3. The summed E-state index contributed by atoms with van der Waals surface area (Å²) in [4.78, 5) is 15.9. The van der Waals surface area contributed by atoms with Gasteiger partial charge in [-0.2, -0.15) is 0 Å². The summed E-state index contributed by atoms with van der Waals surface area (Å²) >= 11 is 12.9. The number of imidazole rings is 1. The lowest BCUT2D eigenvalue weighted by molar-refractivity contribution is 0.0695. The maximum absolute atomic E-state index is 13.9. The molecule has 6 nitrogen and oxygen atoms in total. The van der Waals surface area contributed by atoms with Gasteiger partial charge in [-0.3, -0.25) is 4.57 Å². The van der Waals surface area contributed by atoms with Crippen LogP contribution >= 0.6 is 34.5 Å². The number of ether oxygens (including phenoxy) is 1. The van der Waals surface area contributed by atoms with Crippen LogP contribution in [0.5, 0.6) is 11.5 Å². The molecule has 4 rings (SSSR count). The Bertz CT molecular complexity index is 1290.